The molecule has 0 fully saturated rings. The topological polar surface area (TPSA) is 72.9 Å². The van der Waals surface area contributed by atoms with E-state index < -0.39 is 22.5 Å². The van der Waals surface area contributed by atoms with E-state index in [9.17, 15) is 13.2 Å². The summed E-state index contributed by atoms with van der Waals surface area (Å²) in [6, 6.07) is 9.29. The van der Waals surface area contributed by atoms with E-state index in [1.54, 1.807) is 32.0 Å². The standard InChI is InChI=1S/C18H20ClNO5S/c1-12-5-6-14(10-16(12)19)20(11-18(21)25-4)26(22,23)15-7-8-17(24-3)13(2)9-15/h5-10H,11H2,1-4H3. The molecular formula is C18H20ClNO5S. The Morgan fingerprint density at radius 2 is 1.77 bits per heavy atom. The lowest BCUT2D eigenvalue weighted by Gasteiger charge is -2.24. The molecular weight excluding hydrogens is 378 g/mol. The minimum Gasteiger partial charge on any atom is -0.496 e. The second kappa shape index (κ2) is 7.97. The number of hydrogen-bond acceptors (Lipinski definition) is 5. The van der Waals surface area contributed by atoms with Gasteiger partial charge in [-0.3, -0.25) is 9.10 Å². The number of benzene rings is 2. The molecule has 6 nitrogen and oxygen atoms in total. The van der Waals surface area contributed by atoms with Gasteiger partial charge in [0.25, 0.3) is 10.0 Å². The summed E-state index contributed by atoms with van der Waals surface area (Å²) in [7, 11) is -1.31. The number of methoxy groups -OCH3 is 2. The summed E-state index contributed by atoms with van der Waals surface area (Å²) in [5.74, 6) is -0.114. The minimum atomic E-state index is -4.02. The fourth-order valence-corrected chi connectivity index (χ4v) is 4.03. The van der Waals surface area contributed by atoms with Gasteiger partial charge in [0.05, 0.1) is 24.8 Å². The Balaban J connectivity index is 2.57. The van der Waals surface area contributed by atoms with Crippen molar-refractivity contribution < 1.29 is 22.7 Å². The average Bonchev–Trinajstić information content (AvgIpc) is 2.61. The van der Waals surface area contributed by atoms with Gasteiger partial charge in [-0.1, -0.05) is 17.7 Å². The van der Waals surface area contributed by atoms with Crippen molar-refractivity contribution in [3.8, 4) is 5.75 Å². The highest BCUT2D eigenvalue weighted by atomic mass is 35.5. The molecule has 0 N–H and O–H groups in total. The molecule has 0 bridgehead atoms. The lowest BCUT2D eigenvalue weighted by molar-refractivity contribution is -0.138. The zero-order valence-electron chi connectivity index (χ0n) is 14.9. The van der Waals surface area contributed by atoms with Gasteiger partial charge in [-0.2, -0.15) is 0 Å². The summed E-state index contributed by atoms with van der Waals surface area (Å²) in [5, 5.41) is 0.401. The van der Waals surface area contributed by atoms with E-state index in [1.807, 2.05) is 0 Å². The lowest BCUT2D eigenvalue weighted by Crippen LogP contribution is -2.36. The van der Waals surface area contributed by atoms with Crippen molar-refractivity contribution in [3.05, 3.63) is 52.5 Å². The Morgan fingerprint density at radius 1 is 1.08 bits per heavy atom. The van der Waals surface area contributed by atoms with Gasteiger partial charge >= 0.3 is 5.97 Å². The predicted molar refractivity (Wildman–Crippen MR) is 100 cm³/mol. The Morgan fingerprint density at radius 3 is 2.31 bits per heavy atom. The molecule has 2 rings (SSSR count). The molecule has 0 heterocycles. The van der Waals surface area contributed by atoms with Crippen molar-refractivity contribution in [1.82, 2.24) is 0 Å². The molecule has 0 aliphatic heterocycles. The lowest BCUT2D eigenvalue weighted by atomic mass is 10.2. The maximum Gasteiger partial charge on any atom is 0.326 e. The van der Waals surface area contributed by atoms with Gasteiger partial charge in [0.15, 0.2) is 0 Å². The molecule has 2 aromatic rings. The molecule has 0 unspecified atom stereocenters. The first-order valence-corrected chi connectivity index (χ1v) is 9.53. The summed E-state index contributed by atoms with van der Waals surface area (Å²) < 4.78 is 37.1. The molecule has 8 heteroatoms. The molecule has 0 aliphatic rings. The van der Waals surface area contributed by atoms with Crippen molar-refractivity contribution in [2.45, 2.75) is 18.7 Å². The van der Waals surface area contributed by atoms with Crippen molar-refractivity contribution in [2.24, 2.45) is 0 Å². The summed E-state index contributed by atoms with van der Waals surface area (Å²) in [6.45, 7) is 3.08. The maximum absolute atomic E-state index is 13.2. The van der Waals surface area contributed by atoms with Gasteiger partial charge in [-0.15, -0.1) is 0 Å². The van der Waals surface area contributed by atoms with Gasteiger partial charge in [0, 0.05) is 5.02 Å². The van der Waals surface area contributed by atoms with Crippen molar-refractivity contribution in [1.29, 1.82) is 0 Å². The van der Waals surface area contributed by atoms with E-state index in [2.05, 4.69) is 4.74 Å². The van der Waals surface area contributed by atoms with Crippen LogP contribution in [0.5, 0.6) is 5.75 Å². The highest BCUT2D eigenvalue weighted by molar-refractivity contribution is 7.92. The number of nitrogens with zero attached hydrogens (tertiary/aromatic N) is 1. The van der Waals surface area contributed by atoms with Crippen LogP contribution < -0.4 is 9.04 Å². The molecule has 0 atom stereocenters. The highest BCUT2D eigenvalue weighted by Gasteiger charge is 2.28. The first-order valence-electron chi connectivity index (χ1n) is 7.71. The SMILES string of the molecule is COC(=O)CN(c1ccc(C)c(Cl)c1)S(=O)(=O)c1ccc(OC)c(C)c1. The largest absolute Gasteiger partial charge is 0.496 e. The first-order chi connectivity index (χ1) is 12.2. The fraction of sp³-hybridized carbons (Fsp3) is 0.278. The second-order valence-corrected chi connectivity index (χ2v) is 7.92. The van der Waals surface area contributed by atoms with Crippen LogP contribution in [-0.4, -0.2) is 35.2 Å². The number of anilines is 1. The molecule has 2 aromatic carbocycles. The minimum absolute atomic E-state index is 0.0383. The molecule has 0 saturated carbocycles. The van der Waals surface area contributed by atoms with Crippen LogP contribution in [-0.2, 0) is 19.6 Å². The van der Waals surface area contributed by atoms with E-state index in [0.29, 0.717) is 16.3 Å². The average molecular weight is 398 g/mol. The number of sulfonamides is 1. The Kier molecular flexibility index (Phi) is 6.15. The monoisotopic (exact) mass is 397 g/mol. The van der Waals surface area contributed by atoms with Gasteiger partial charge in [-0.25, -0.2) is 8.42 Å². The summed E-state index contributed by atoms with van der Waals surface area (Å²) in [5.41, 5.74) is 1.74. The van der Waals surface area contributed by atoms with Crippen molar-refractivity contribution in [2.75, 3.05) is 25.1 Å². The number of rotatable bonds is 6. The number of carbonyl (C=O) groups excluding carboxylic acids is 1. The van der Waals surface area contributed by atoms with E-state index in [4.69, 9.17) is 16.3 Å². The van der Waals surface area contributed by atoms with Gasteiger partial charge < -0.3 is 9.47 Å². The van der Waals surface area contributed by atoms with E-state index in [0.717, 1.165) is 9.87 Å². The van der Waals surface area contributed by atoms with Gasteiger partial charge in [0.1, 0.15) is 12.3 Å². The van der Waals surface area contributed by atoms with Crippen LogP contribution in [0.15, 0.2) is 41.3 Å². The zero-order chi connectivity index (χ0) is 19.5. The van der Waals surface area contributed by atoms with Crippen LogP contribution in [0.4, 0.5) is 5.69 Å². The third-order valence-electron chi connectivity index (χ3n) is 3.90. The Hall–Kier alpha value is -2.25. The van der Waals surface area contributed by atoms with Crippen LogP contribution in [0.25, 0.3) is 0 Å². The van der Waals surface area contributed by atoms with E-state index >= 15 is 0 Å². The van der Waals surface area contributed by atoms with Crippen LogP contribution in [0.2, 0.25) is 5.02 Å². The number of aryl methyl sites for hydroxylation is 2. The van der Waals surface area contributed by atoms with Crippen LogP contribution in [0.1, 0.15) is 11.1 Å². The molecule has 0 aromatic heterocycles. The number of carbonyl (C=O) groups is 1. The molecule has 0 aliphatic carbocycles. The Labute approximate surface area is 158 Å². The number of ether oxygens (including phenoxy) is 2. The summed E-state index contributed by atoms with van der Waals surface area (Å²) in [4.78, 5) is 11.8. The zero-order valence-corrected chi connectivity index (χ0v) is 16.5. The van der Waals surface area contributed by atoms with Crippen molar-refractivity contribution >= 4 is 33.3 Å². The predicted octanol–water partition coefficient (Wildman–Crippen LogP) is 3.33. The molecule has 0 saturated heterocycles. The smallest absolute Gasteiger partial charge is 0.326 e. The maximum atomic E-state index is 13.2. The Bertz CT molecular complexity index is 927. The molecule has 0 radical (unpaired) electrons. The fourth-order valence-electron chi connectivity index (χ4n) is 2.37. The third kappa shape index (κ3) is 4.11. The third-order valence-corrected chi connectivity index (χ3v) is 6.08. The number of hydrogen-bond donors (Lipinski definition) is 0. The second-order valence-electron chi connectivity index (χ2n) is 5.65. The van der Waals surface area contributed by atoms with Crippen LogP contribution in [0, 0.1) is 13.8 Å². The molecule has 0 spiro atoms. The normalized spacial score (nSPS) is 11.1. The highest BCUT2D eigenvalue weighted by Crippen LogP contribution is 2.29. The summed E-state index contributed by atoms with van der Waals surface area (Å²) >= 11 is 6.14. The van der Waals surface area contributed by atoms with Crippen molar-refractivity contribution in [3.63, 3.8) is 0 Å². The van der Waals surface area contributed by atoms with E-state index in [1.165, 1.54) is 32.4 Å². The quantitative estimate of drug-likeness (QED) is 0.699. The van der Waals surface area contributed by atoms with E-state index in [-0.39, 0.29) is 10.6 Å². The van der Waals surface area contributed by atoms with Crippen LogP contribution >= 0.6 is 11.6 Å². The van der Waals surface area contributed by atoms with Gasteiger partial charge in [-0.05, 0) is 55.3 Å². The van der Waals surface area contributed by atoms with Gasteiger partial charge in [0.2, 0.25) is 0 Å². The van der Waals surface area contributed by atoms with Crippen LogP contribution in [0.3, 0.4) is 0 Å². The number of esters is 1. The first kappa shape index (κ1) is 20.1. The number of halogens is 1. The molecule has 0 amide bonds. The summed E-state index contributed by atoms with van der Waals surface area (Å²) in [6.07, 6.45) is 0. The molecule has 26 heavy (non-hydrogen) atoms. The molecule has 140 valence electrons.